The highest BCUT2D eigenvalue weighted by molar-refractivity contribution is 6.31. The minimum Gasteiger partial charge on any atom is -0.362 e. The van der Waals surface area contributed by atoms with Gasteiger partial charge >= 0.3 is 0 Å². The predicted molar refractivity (Wildman–Crippen MR) is 123 cm³/mol. The van der Waals surface area contributed by atoms with E-state index < -0.39 is 0 Å². The molecule has 6 heteroatoms. The van der Waals surface area contributed by atoms with Crippen molar-refractivity contribution < 1.29 is 0 Å². The molecule has 2 unspecified atom stereocenters. The van der Waals surface area contributed by atoms with E-state index in [1.54, 1.807) is 0 Å². The molecule has 1 saturated heterocycles. The third kappa shape index (κ3) is 4.06. The lowest BCUT2D eigenvalue weighted by Crippen LogP contribution is -2.33. The summed E-state index contributed by atoms with van der Waals surface area (Å²) < 4.78 is 0. The standard InChI is InChI=1S/C23H26ClN5/c1-15-8-9-16(2)29(15)22-7-5-6-18(25-22)11-13-21-26-20-12-10-17(24)14-19(20)23(27-21)28(3)4/h5-7,10-16H,8-9H2,1-4H3/b13-11+. The molecule has 0 radical (unpaired) electrons. The summed E-state index contributed by atoms with van der Waals surface area (Å²) in [6.07, 6.45) is 6.33. The number of aromatic nitrogens is 3. The molecule has 5 nitrogen and oxygen atoms in total. The maximum Gasteiger partial charge on any atom is 0.155 e. The number of benzene rings is 1. The van der Waals surface area contributed by atoms with Gasteiger partial charge < -0.3 is 9.80 Å². The molecule has 4 rings (SSSR count). The van der Waals surface area contributed by atoms with E-state index in [0.29, 0.717) is 22.9 Å². The lowest BCUT2D eigenvalue weighted by Gasteiger charge is -2.27. The molecule has 1 fully saturated rings. The fourth-order valence-electron chi connectivity index (χ4n) is 4.00. The maximum atomic E-state index is 6.17. The molecule has 29 heavy (non-hydrogen) atoms. The summed E-state index contributed by atoms with van der Waals surface area (Å²) >= 11 is 6.17. The summed E-state index contributed by atoms with van der Waals surface area (Å²) in [5, 5.41) is 1.62. The van der Waals surface area contributed by atoms with Crippen LogP contribution in [-0.4, -0.2) is 41.1 Å². The Balaban J connectivity index is 1.67. The van der Waals surface area contributed by atoms with Gasteiger partial charge in [0.1, 0.15) is 11.6 Å². The first-order valence-electron chi connectivity index (χ1n) is 10.0. The lowest BCUT2D eigenvalue weighted by molar-refractivity contribution is 0.683. The highest BCUT2D eigenvalue weighted by Gasteiger charge is 2.28. The van der Waals surface area contributed by atoms with Gasteiger partial charge in [-0.05, 0) is 69.2 Å². The highest BCUT2D eigenvalue weighted by atomic mass is 35.5. The number of pyridine rings is 1. The second-order valence-corrected chi connectivity index (χ2v) is 8.33. The first-order chi connectivity index (χ1) is 13.9. The van der Waals surface area contributed by atoms with Gasteiger partial charge in [0.15, 0.2) is 5.82 Å². The van der Waals surface area contributed by atoms with Gasteiger partial charge in [0, 0.05) is 36.6 Å². The minimum absolute atomic E-state index is 0.523. The Morgan fingerprint density at radius 3 is 2.48 bits per heavy atom. The first-order valence-corrected chi connectivity index (χ1v) is 10.4. The van der Waals surface area contributed by atoms with Crippen molar-refractivity contribution in [3.05, 3.63) is 52.9 Å². The van der Waals surface area contributed by atoms with Gasteiger partial charge in [-0.2, -0.15) is 0 Å². The lowest BCUT2D eigenvalue weighted by atomic mass is 10.2. The molecule has 1 aliphatic heterocycles. The van der Waals surface area contributed by atoms with Crippen molar-refractivity contribution in [1.29, 1.82) is 0 Å². The average molecular weight is 408 g/mol. The zero-order valence-electron chi connectivity index (χ0n) is 17.3. The molecule has 0 spiro atoms. The topological polar surface area (TPSA) is 45.2 Å². The van der Waals surface area contributed by atoms with E-state index in [0.717, 1.165) is 28.2 Å². The Kier molecular flexibility index (Phi) is 5.41. The van der Waals surface area contributed by atoms with E-state index in [2.05, 4.69) is 35.9 Å². The van der Waals surface area contributed by atoms with Crippen LogP contribution in [0, 0.1) is 0 Å². The van der Waals surface area contributed by atoms with E-state index in [1.165, 1.54) is 12.8 Å². The van der Waals surface area contributed by atoms with Crippen LogP contribution in [0.1, 0.15) is 38.2 Å². The molecule has 2 atom stereocenters. The fourth-order valence-corrected chi connectivity index (χ4v) is 4.17. The summed E-state index contributed by atoms with van der Waals surface area (Å²) in [4.78, 5) is 18.6. The first kappa shape index (κ1) is 19.6. The van der Waals surface area contributed by atoms with Crippen molar-refractivity contribution in [2.75, 3.05) is 23.9 Å². The average Bonchev–Trinajstić information content (AvgIpc) is 3.04. The van der Waals surface area contributed by atoms with E-state index in [9.17, 15) is 0 Å². The molecule has 2 aromatic heterocycles. The van der Waals surface area contributed by atoms with Gasteiger partial charge in [0.2, 0.25) is 0 Å². The van der Waals surface area contributed by atoms with Gasteiger partial charge in [-0.3, -0.25) is 0 Å². The molecule has 3 heterocycles. The second kappa shape index (κ2) is 7.99. The van der Waals surface area contributed by atoms with Crippen molar-refractivity contribution in [1.82, 2.24) is 15.0 Å². The van der Waals surface area contributed by atoms with Crippen LogP contribution in [0.4, 0.5) is 11.6 Å². The molecule has 0 bridgehead atoms. The van der Waals surface area contributed by atoms with E-state index in [-0.39, 0.29) is 0 Å². The Bertz CT molecular complexity index is 1050. The quantitative estimate of drug-likeness (QED) is 0.587. The van der Waals surface area contributed by atoms with Crippen LogP contribution in [0.2, 0.25) is 5.02 Å². The van der Waals surface area contributed by atoms with Crippen LogP contribution < -0.4 is 9.80 Å². The second-order valence-electron chi connectivity index (χ2n) is 7.90. The summed E-state index contributed by atoms with van der Waals surface area (Å²) in [7, 11) is 3.94. The summed E-state index contributed by atoms with van der Waals surface area (Å²) in [6, 6.07) is 12.9. The van der Waals surface area contributed by atoms with Crippen LogP contribution >= 0.6 is 11.6 Å². The van der Waals surface area contributed by atoms with Crippen molar-refractivity contribution in [2.45, 2.75) is 38.8 Å². The third-order valence-electron chi connectivity index (χ3n) is 5.45. The number of halogens is 1. The van der Waals surface area contributed by atoms with Crippen molar-refractivity contribution >= 4 is 46.3 Å². The zero-order valence-corrected chi connectivity index (χ0v) is 18.1. The van der Waals surface area contributed by atoms with Gasteiger partial charge in [-0.1, -0.05) is 17.7 Å². The number of nitrogens with zero attached hydrogens (tertiary/aromatic N) is 5. The summed E-state index contributed by atoms with van der Waals surface area (Å²) in [5.74, 6) is 2.53. The Labute approximate surface area is 177 Å². The van der Waals surface area contributed by atoms with E-state index in [4.69, 9.17) is 21.6 Å². The minimum atomic E-state index is 0.523. The molecule has 0 saturated carbocycles. The van der Waals surface area contributed by atoms with E-state index in [1.807, 2.05) is 55.4 Å². The van der Waals surface area contributed by atoms with Crippen molar-refractivity contribution in [3.8, 4) is 0 Å². The third-order valence-corrected chi connectivity index (χ3v) is 5.69. The SMILES string of the molecule is CC1CCC(C)N1c1cccc(/C=C/c2nc(N(C)C)c3cc(Cl)ccc3n2)n1. The summed E-state index contributed by atoms with van der Waals surface area (Å²) in [5.41, 5.74) is 1.77. The number of hydrogen-bond donors (Lipinski definition) is 0. The molecule has 1 aliphatic rings. The van der Waals surface area contributed by atoms with Gasteiger partial charge in [-0.25, -0.2) is 15.0 Å². The Morgan fingerprint density at radius 1 is 1.00 bits per heavy atom. The molecule has 150 valence electrons. The molecule has 3 aromatic rings. The van der Waals surface area contributed by atoms with Crippen LogP contribution in [0.5, 0.6) is 0 Å². The molecular formula is C23H26ClN5. The number of anilines is 2. The predicted octanol–water partition coefficient (Wildman–Crippen LogP) is 5.29. The number of rotatable bonds is 4. The van der Waals surface area contributed by atoms with Crippen LogP contribution in [0.3, 0.4) is 0 Å². The Hall–Kier alpha value is -2.66. The smallest absolute Gasteiger partial charge is 0.155 e. The molecule has 0 aliphatic carbocycles. The zero-order chi connectivity index (χ0) is 20.5. The molecule has 1 aromatic carbocycles. The van der Waals surface area contributed by atoms with Gasteiger partial charge in [0.25, 0.3) is 0 Å². The van der Waals surface area contributed by atoms with Crippen molar-refractivity contribution in [3.63, 3.8) is 0 Å². The molecular weight excluding hydrogens is 382 g/mol. The highest BCUT2D eigenvalue weighted by Crippen LogP contribution is 2.29. The Morgan fingerprint density at radius 2 is 1.76 bits per heavy atom. The van der Waals surface area contributed by atoms with Crippen molar-refractivity contribution in [2.24, 2.45) is 0 Å². The largest absolute Gasteiger partial charge is 0.362 e. The van der Waals surface area contributed by atoms with Crippen LogP contribution in [0.25, 0.3) is 23.1 Å². The van der Waals surface area contributed by atoms with Gasteiger partial charge in [-0.15, -0.1) is 0 Å². The van der Waals surface area contributed by atoms with E-state index >= 15 is 0 Å². The monoisotopic (exact) mass is 407 g/mol. The molecule has 0 amide bonds. The van der Waals surface area contributed by atoms with Crippen LogP contribution in [0.15, 0.2) is 36.4 Å². The van der Waals surface area contributed by atoms with Gasteiger partial charge in [0.05, 0.1) is 11.2 Å². The fraction of sp³-hybridized carbons (Fsp3) is 0.348. The van der Waals surface area contributed by atoms with Crippen LogP contribution in [-0.2, 0) is 0 Å². The number of fused-ring (bicyclic) bond motifs is 1. The number of hydrogen-bond acceptors (Lipinski definition) is 5. The summed E-state index contributed by atoms with van der Waals surface area (Å²) in [6.45, 7) is 4.54. The molecule has 0 N–H and O–H groups in total. The maximum absolute atomic E-state index is 6.17. The normalized spacial score (nSPS) is 19.4.